The molecule has 0 radical (unpaired) electrons. The number of amides is 1. The number of imidazole rings is 1. The van der Waals surface area contributed by atoms with Gasteiger partial charge >= 0.3 is 0 Å². The van der Waals surface area contributed by atoms with Gasteiger partial charge in [0.1, 0.15) is 18.1 Å². The Morgan fingerprint density at radius 3 is 2.68 bits per heavy atom. The number of carbonyl (C=O) groups is 1. The molecule has 1 N–H and O–H groups in total. The van der Waals surface area contributed by atoms with Crippen LogP contribution >= 0.6 is 0 Å². The molecule has 0 fully saturated rings. The van der Waals surface area contributed by atoms with E-state index < -0.39 is 0 Å². The molecule has 0 atom stereocenters. The Kier molecular flexibility index (Phi) is 5.95. The summed E-state index contributed by atoms with van der Waals surface area (Å²) in [5, 5.41) is 2.93. The summed E-state index contributed by atoms with van der Waals surface area (Å²) in [6.07, 6.45) is 6.72. The van der Waals surface area contributed by atoms with Crippen LogP contribution in [0, 0.1) is 0 Å². The van der Waals surface area contributed by atoms with Gasteiger partial charge in [-0.3, -0.25) is 14.2 Å². The van der Waals surface area contributed by atoms with Crippen LogP contribution in [0.4, 0.5) is 5.69 Å². The first-order valence-electron chi connectivity index (χ1n) is 11.3. The highest BCUT2D eigenvalue weighted by Crippen LogP contribution is 2.29. The maximum Gasteiger partial charge on any atom is 0.254 e. The number of fused-ring (bicyclic) bond motifs is 1. The molecule has 0 saturated carbocycles. The average molecular weight is 456 g/mol. The van der Waals surface area contributed by atoms with Crippen LogP contribution in [0.1, 0.15) is 18.7 Å². The van der Waals surface area contributed by atoms with Crippen molar-refractivity contribution < 1.29 is 9.53 Å². The van der Waals surface area contributed by atoms with E-state index in [4.69, 9.17) is 9.72 Å². The lowest BCUT2D eigenvalue weighted by Crippen LogP contribution is -2.27. The highest BCUT2D eigenvalue weighted by atomic mass is 16.5. The molecule has 34 heavy (non-hydrogen) atoms. The number of nitrogens with one attached hydrogen (secondary N) is 1. The second-order valence-electron chi connectivity index (χ2n) is 8.26. The van der Waals surface area contributed by atoms with Crippen molar-refractivity contribution in [2.75, 3.05) is 12.4 Å². The fraction of sp³-hybridized carbons (Fsp3) is 0.231. The van der Waals surface area contributed by atoms with Gasteiger partial charge in [-0.25, -0.2) is 9.97 Å². The molecule has 4 aromatic rings. The minimum atomic E-state index is -0.308. The smallest absolute Gasteiger partial charge is 0.254 e. The van der Waals surface area contributed by atoms with Gasteiger partial charge in [-0.1, -0.05) is 18.2 Å². The highest BCUT2D eigenvalue weighted by molar-refractivity contribution is 5.94. The molecular weight excluding hydrogens is 430 g/mol. The second-order valence-corrected chi connectivity index (χ2v) is 8.26. The minimum Gasteiger partial charge on any atom is -0.497 e. The molecule has 1 aliphatic rings. The molecule has 3 heterocycles. The van der Waals surface area contributed by atoms with Crippen molar-refractivity contribution in [3.8, 4) is 28.3 Å². The molecule has 2 aromatic heterocycles. The summed E-state index contributed by atoms with van der Waals surface area (Å²) in [5.74, 6) is 1.50. The number of hydrogen-bond acceptors (Lipinski definition) is 5. The van der Waals surface area contributed by atoms with E-state index in [1.54, 1.807) is 7.11 Å². The van der Waals surface area contributed by atoms with Crippen molar-refractivity contribution in [2.24, 2.45) is 0 Å². The van der Waals surface area contributed by atoms with Gasteiger partial charge in [0.2, 0.25) is 5.91 Å². The first kappa shape index (κ1) is 21.6. The summed E-state index contributed by atoms with van der Waals surface area (Å²) >= 11 is 0. The van der Waals surface area contributed by atoms with Gasteiger partial charge < -0.3 is 14.6 Å². The zero-order valence-corrected chi connectivity index (χ0v) is 18.9. The summed E-state index contributed by atoms with van der Waals surface area (Å²) < 4.78 is 8.64. The third-order valence-corrected chi connectivity index (χ3v) is 5.96. The van der Waals surface area contributed by atoms with Gasteiger partial charge in [0, 0.05) is 36.4 Å². The fourth-order valence-electron chi connectivity index (χ4n) is 4.17. The van der Waals surface area contributed by atoms with Crippen LogP contribution < -0.4 is 15.6 Å². The number of nitrogens with zero attached hydrogens (tertiary/aromatic N) is 4. The number of ether oxygens (including phenoxy) is 1. The van der Waals surface area contributed by atoms with E-state index in [0.717, 1.165) is 54.2 Å². The molecule has 172 valence electrons. The number of benzene rings is 2. The van der Waals surface area contributed by atoms with Crippen molar-refractivity contribution in [1.82, 2.24) is 19.1 Å². The van der Waals surface area contributed by atoms with Gasteiger partial charge in [-0.05, 0) is 43.2 Å². The Balaban J connectivity index is 1.32. The van der Waals surface area contributed by atoms with E-state index in [1.165, 1.54) is 17.0 Å². The summed E-state index contributed by atoms with van der Waals surface area (Å²) in [4.78, 5) is 34.6. The number of para-hydroxylation sites is 1. The molecule has 0 unspecified atom stereocenters. The Labute approximate surface area is 196 Å². The molecule has 8 nitrogen and oxygen atoms in total. The Hall–Kier alpha value is -4.20. The molecule has 5 rings (SSSR count). The number of aromatic nitrogens is 4. The largest absolute Gasteiger partial charge is 0.497 e. The van der Waals surface area contributed by atoms with E-state index in [2.05, 4.69) is 14.9 Å². The maximum absolute atomic E-state index is 12.8. The number of hydrogen-bond donors (Lipinski definition) is 1. The van der Waals surface area contributed by atoms with Gasteiger partial charge in [0.15, 0.2) is 0 Å². The molecule has 1 aliphatic heterocycles. The summed E-state index contributed by atoms with van der Waals surface area (Å²) in [5.41, 5.74) is 3.41. The zero-order valence-electron chi connectivity index (χ0n) is 18.9. The fourth-order valence-corrected chi connectivity index (χ4v) is 4.17. The topological polar surface area (TPSA) is 91.0 Å². The molecule has 0 saturated heterocycles. The molecule has 0 spiro atoms. The van der Waals surface area contributed by atoms with Gasteiger partial charge in [0.25, 0.3) is 5.56 Å². The number of carbonyl (C=O) groups excluding carboxylic acids is 1. The lowest BCUT2D eigenvalue weighted by molar-refractivity contribution is -0.116. The maximum atomic E-state index is 12.8. The van der Waals surface area contributed by atoms with E-state index in [9.17, 15) is 9.59 Å². The monoisotopic (exact) mass is 455 g/mol. The third kappa shape index (κ3) is 4.47. The summed E-state index contributed by atoms with van der Waals surface area (Å²) in [7, 11) is 1.60. The van der Waals surface area contributed by atoms with Gasteiger partial charge in [-0.2, -0.15) is 0 Å². The normalized spacial score (nSPS) is 12.7. The predicted octanol–water partition coefficient (Wildman–Crippen LogP) is 3.76. The van der Waals surface area contributed by atoms with E-state index in [0.29, 0.717) is 11.4 Å². The Morgan fingerprint density at radius 2 is 1.91 bits per heavy atom. The first-order valence-corrected chi connectivity index (χ1v) is 11.3. The number of methoxy groups -OCH3 is 1. The zero-order chi connectivity index (χ0) is 23.5. The van der Waals surface area contributed by atoms with Crippen molar-refractivity contribution >= 4 is 11.6 Å². The lowest BCUT2D eigenvalue weighted by atomic mass is 10.1. The van der Waals surface area contributed by atoms with Crippen LogP contribution in [0.5, 0.6) is 5.75 Å². The molecule has 0 aliphatic carbocycles. The van der Waals surface area contributed by atoms with Crippen molar-refractivity contribution in [3.05, 3.63) is 83.3 Å². The first-order chi connectivity index (χ1) is 16.6. The van der Waals surface area contributed by atoms with Gasteiger partial charge in [0.05, 0.1) is 30.5 Å². The summed E-state index contributed by atoms with van der Waals surface area (Å²) in [6, 6.07) is 16.3. The molecule has 1 amide bonds. The van der Waals surface area contributed by atoms with E-state index in [1.807, 2.05) is 54.7 Å². The van der Waals surface area contributed by atoms with Crippen molar-refractivity contribution in [3.63, 3.8) is 0 Å². The van der Waals surface area contributed by atoms with Crippen LogP contribution in [0.2, 0.25) is 0 Å². The van der Waals surface area contributed by atoms with E-state index in [-0.39, 0.29) is 18.0 Å². The number of rotatable bonds is 6. The summed E-state index contributed by atoms with van der Waals surface area (Å²) in [6.45, 7) is 0.835. The molecule has 8 heteroatoms. The van der Waals surface area contributed by atoms with Crippen LogP contribution in [-0.2, 0) is 24.3 Å². The van der Waals surface area contributed by atoms with E-state index >= 15 is 0 Å². The molecule has 0 bridgehead atoms. The molecular formula is C26H25N5O3. The SMILES string of the molecule is COc1ccc(-c2cc(=O)n(CC(=O)Nc3ccccc3-c3cn4c(n3)CCCC4)cn2)cc1. The third-order valence-electron chi connectivity index (χ3n) is 5.96. The van der Waals surface area contributed by atoms with Crippen molar-refractivity contribution in [1.29, 1.82) is 0 Å². The second kappa shape index (κ2) is 9.35. The molecule has 2 aromatic carbocycles. The highest BCUT2D eigenvalue weighted by Gasteiger charge is 2.16. The standard InChI is InChI=1S/C26H25N5O3/c1-34-19-11-9-18(10-12-19)22-14-26(33)31(17-27-22)16-25(32)29-21-7-3-2-6-20(21)23-15-30-13-5-4-8-24(30)28-23/h2-3,6-7,9-12,14-15,17H,4-5,8,13,16H2,1H3,(H,29,32). The minimum absolute atomic E-state index is 0.136. The van der Waals surface area contributed by atoms with Crippen LogP contribution in [-0.4, -0.2) is 32.1 Å². The quantitative estimate of drug-likeness (QED) is 0.478. The Morgan fingerprint density at radius 1 is 1.09 bits per heavy atom. The Bertz CT molecular complexity index is 1360. The van der Waals surface area contributed by atoms with Crippen LogP contribution in [0.15, 0.2) is 71.9 Å². The lowest BCUT2D eigenvalue weighted by Gasteiger charge is -2.11. The van der Waals surface area contributed by atoms with Crippen LogP contribution in [0.3, 0.4) is 0 Å². The van der Waals surface area contributed by atoms with Crippen LogP contribution in [0.25, 0.3) is 22.5 Å². The number of anilines is 1. The van der Waals surface area contributed by atoms with Gasteiger partial charge in [-0.15, -0.1) is 0 Å². The number of aryl methyl sites for hydroxylation is 2. The predicted molar refractivity (Wildman–Crippen MR) is 130 cm³/mol. The average Bonchev–Trinajstić information content (AvgIpc) is 3.30. The van der Waals surface area contributed by atoms with Crippen molar-refractivity contribution in [2.45, 2.75) is 32.4 Å².